The van der Waals surface area contributed by atoms with Crippen LogP contribution in [-0.4, -0.2) is 15.8 Å². The van der Waals surface area contributed by atoms with Crippen LogP contribution in [0.15, 0.2) is 24.5 Å². The lowest BCUT2D eigenvalue weighted by atomic mass is 10.0. The van der Waals surface area contributed by atoms with Gasteiger partial charge in [-0.2, -0.15) is 0 Å². The van der Waals surface area contributed by atoms with E-state index in [-0.39, 0.29) is 5.78 Å². The van der Waals surface area contributed by atoms with E-state index in [9.17, 15) is 4.79 Å². The van der Waals surface area contributed by atoms with E-state index in [1.807, 2.05) is 12.1 Å². The van der Waals surface area contributed by atoms with Crippen molar-refractivity contribution < 1.29 is 4.79 Å². The summed E-state index contributed by atoms with van der Waals surface area (Å²) in [4.78, 5) is 21.3. The third kappa shape index (κ3) is 2.13. The van der Waals surface area contributed by atoms with Gasteiger partial charge in [0.2, 0.25) is 0 Å². The van der Waals surface area contributed by atoms with Gasteiger partial charge in [0.15, 0.2) is 5.78 Å². The third-order valence-corrected chi connectivity index (χ3v) is 4.03. The number of fused-ring (bicyclic) bond motifs is 1. The van der Waals surface area contributed by atoms with Crippen LogP contribution in [0.4, 0.5) is 0 Å². The molecule has 4 heteroatoms. The number of hydrogen-bond acceptors (Lipinski definition) is 4. The van der Waals surface area contributed by atoms with Gasteiger partial charge in [-0.3, -0.25) is 9.78 Å². The van der Waals surface area contributed by atoms with Crippen LogP contribution in [0.1, 0.15) is 38.8 Å². The molecule has 86 valence electrons. The van der Waals surface area contributed by atoms with Gasteiger partial charge in [0.1, 0.15) is 5.69 Å². The highest BCUT2D eigenvalue weighted by molar-refractivity contribution is 7.12. The minimum atomic E-state index is 0.212. The number of aryl methyl sites for hydroxylation is 1. The van der Waals surface area contributed by atoms with E-state index in [1.54, 1.807) is 23.7 Å². The van der Waals surface area contributed by atoms with Gasteiger partial charge in [0.25, 0.3) is 0 Å². The topological polar surface area (TPSA) is 42.9 Å². The predicted octanol–water partition coefficient (Wildman–Crippen LogP) is 2.65. The fraction of sp³-hybridized carbons (Fsp3) is 0.308. The first-order chi connectivity index (χ1) is 8.33. The Kier molecular flexibility index (Phi) is 2.73. The molecule has 0 radical (unpaired) electrons. The molecule has 0 spiro atoms. The third-order valence-electron chi connectivity index (χ3n) is 2.92. The molecule has 1 aliphatic rings. The van der Waals surface area contributed by atoms with Crippen LogP contribution in [-0.2, 0) is 12.8 Å². The first-order valence-electron chi connectivity index (χ1n) is 5.73. The summed E-state index contributed by atoms with van der Waals surface area (Å²) in [5.74, 6) is 0.212. The second-order valence-corrected chi connectivity index (χ2v) is 5.36. The average molecular weight is 244 g/mol. The van der Waals surface area contributed by atoms with E-state index in [2.05, 4.69) is 9.97 Å². The van der Waals surface area contributed by atoms with E-state index in [1.165, 1.54) is 10.4 Å². The van der Waals surface area contributed by atoms with Gasteiger partial charge in [-0.1, -0.05) is 0 Å². The molecule has 0 saturated heterocycles. The van der Waals surface area contributed by atoms with Crippen molar-refractivity contribution in [3.63, 3.8) is 0 Å². The number of nitrogens with zero attached hydrogens (tertiary/aromatic N) is 2. The van der Waals surface area contributed by atoms with Gasteiger partial charge in [0.05, 0.1) is 5.01 Å². The summed E-state index contributed by atoms with van der Waals surface area (Å²) in [7, 11) is 0. The van der Waals surface area contributed by atoms with Crippen molar-refractivity contribution in [2.75, 3.05) is 0 Å². The molecule has 3 nitrogen and oxygen atoms in total. The maximum absolute atomic E-state index is 11.7. The highest BCUT2D eigenvalue weighted by Gasteiger charge is 2.21. The SMILES string of the molecule is O=C1CCCc2sc(Cc3ccncc3)nc21. The molecule has 2 heterocycles. The van der Waals surface area contributed by atoms with E-state index < -0.39 is 0 Å². The summed E-state index contributed by atoms with van der Waals surface area (Å²) in [6, 6.07) is 3.98. The molecule has 0 aromatic carbocycles. The fourth-order valence-corrected chi connectivity index (χ4v) is 3.23. The maximum Gasteiger partial charge on any atom is 0.182 e. The van der Waals surface area contributed by atoms with Crippen molar-refractivity contribution >= 4 is 17.1 Å². The number of hydrogen-bond donors (Lipinski definition) is 0. The van der Waals surface area contributed by atoms with Crippen molar-refractivity contribution in [1.29, 1.82) is 0 Å². The lowest BCUT2D eigenvalue weighted by molar-refractivity contribution is 0.0968. The normalized spacial score (nSPS) is 14.7. The molecule has 0 amide bonds. The van der Waals surface area contributed by atoms with E-state index in [4.69, 9.17) is 0 Å². The molecule has 17 heavy (non-hydrogen) atoms. The number of thiazole rings is 1. The number of carbonyl (C=O) groups is 1. The fourth-order valence-electron chi connectivity index (χ4n) is 2.07. The first kappa shape index (κ1) is 10.6. The lowest BCUT2D eigenvalue weighted by Crippen LogP contribution is -2.08. The number of ketones is 1. The monoisotopic (exact) mass is 244 g/mol. The molecule has 1 aliphatic carbocycles. The smallest absolute Gasteiger partial charge is 0.182 e. The van der Waals surface area contributed by atoms with Crippen molar-refractivity contribution in [2.24, 2.45) is 0 Å². The van der Waals surface area contributed by atoms with Gasteiger partial charge in [0, 0.05) is 30.1 Å². The van der Waals surface area contributed by atoms with Gasteiger partial charge in [-0.05, 0) is 30.5 Å². The number of carbonyl (C=O) groups excluding carboxylic acids is 1. The standard InChI is InChI=1S/C13H12N2OS/c16-10-2-1-3-11-13(10)15-12(17-11)8-9-4-6-14-7-5-9/h4-7H,1-3,8H2. The Morgan fingerprint density at radius 3 is 2.82 bits per heavy atom. The van der Waals surface area contributed by atoms with E-state index >= 15 is 0 Å². The molecule has 3 rings (SSSR count). The van der Waals surface area contributed by atoms with Gasteiger partial charge < -0.3 is 0 Å². The summed E-state index contributed by atoms with van der Waals surface area (Å²) in [6.07, 6.45) is 7.01. The van der Waals surface area contributed by atoms with Crippen LogP contribution >= 0.6 is 11.3 Å². The van der Waals surface area contributed by atoms with Crippen LogP contribution in [0.25, 0.3) is 0 Å². The Bertz CT molecular complexity index is 548. The minimum absolute atomic E-state index is 0.212. The Hall–Kier alpha value is -1.55. The minimum Gasteiger partial charge on any atom is -0.292 e. The molecular formula is C13H12N2OS. The molecule has 0 fully saturated rings. The first-order valence-corrected chi connectivity index (χ1v) is 6.55. The van der Waals surface area contributed by atoms with Gasteiger partial charge >= 0.3 is 0 Å². The Morgan fingerprint density at radius 2 is 2.06 bits per heavy atom. The van der Waals surface area contributed by atoms with Crippen LogP contribution in [0.5, 0.6) is 0 Å². The molecule has 0 saturated carbocycles. The number of rotatable bonds is 2. The Labute approximate surface area is 104 Å². The zero-order valence-electron chi connectivity index (χ0n) is 9.35. The summed E-state index contributed by atoms with van der Waals surface area (Å²) < 4.78 is 0. The Morgan fingerprint density at radius 1 is 1.24 bits per heavy atom. The van der Waals surface area contributed by atoms with Crippen LogP contribution in [0.2, 0.25) is 0 Å². The average Bonchev–Trinajstić information content (AvgIpc) is 2.74. The van der Waals surface area contributed by atoms with E-state index in [0.717, 1.165) is 30.0 Å². The molecule has 0 unspecified atom stereocenters. The molecule has 0 N–H and O–H groups in total. The second kappa shape index (κ2) is 4.37. The zero-order chi connectivity index (χ0) is 11.7. The molecular weight excluding hydrogens is 232 g/mol. The molecule has 0 atom stereocenters. The summed E-state index contributed by atoms with van der Waals surface area (Å²) >= 11 is 1.68. The Balaban J connectivity index is 1.88. The van der Waals surface area contributed by atoms with Crippen molar-refractivity contribution in [3.8, 4) is 0 Å². The quantitative estimate of drug-likeness (QED) is 0.815. The summed E-state index contributed by atoms with van der Waals surface area (Å²) in [6.45, 7) is 0. The highest BCUT2D eigenvalue weighted by atomic mass is 32.1. The largest absolute Gasteiger partial charge is 0.292 e. The second-order valence-electron chi connectivity index (χ2n) is 4.19. The van der Waals surface area contributed by atoms with Crippen LogP contribution < -0.4 is 0 Å². The highest BCUT2D eigenvalue weighted by Crippen LogP contribution is 2.27. The maximum atomic E-state index is 11.7. The molecule has 0 aliphatic heterocycles. The number of aromatic nitrogens is 2. The lowest BCUT2D eigenvalue weighted by Gasteiger charge is -2.06. The summed E-state index contributed by atoms with van der Waals surface area (Å²) in [5.41, 5.74) is 1.92. The zero-order valence-corrected chi connectivity index (χ0v) is 10.2. The molecule has 0 bridgehead atoms. The number of Topliss-reactive ketones (excluding diaryl/α,β-unsaturated/α-hetero) is 1. The van der Waals surface area contributed by atoms with Crippen molar-refractivity contribution in [3.05, 3.63) is 45.7 Å². The van der Waals surface area contributed by atoms with Gasteiger partial charge in [-0.15, -0.1) is 11.3 Å². The number of pyridine rings is 1. The van der Waals surface area contributed by atoms with Crippen molar-refractivity contribution in [2.45, 2.75) is 25.7 Å². The van der Waals surface area contributed by atoms with Gasteiger partial charge in [-0.25, -0.2) is 4.98 Å². The van der Waals surface area contributed by atoms with Crippen LogP contribution in [0, 0.1) is 0 Å². The molecule has 2 aromatic heterocycles. The van der Waals surface area contributed by atoms with Crippen molar-refractivity contribution in [1.82, 2.24) is 9.97 Å². The van der Waals surface area contributed by atoms with Crippen LogP contribution in [0.3, 0.4) is 0 Å². The molecule has 2 aromatic rings. The van der Waals surface area contributed by atoms with E-state index in [0.29, 0.717) is 6.42 Å². The summed E-state index contributed by atoms with van der Waals surface area (Å²) in [5, 5.41) is 1.04. The predicted molar refractivity (Wildman–Crippen MR) is 66.4 cm³/mol.